The normalized spacial score (nSPS) is 15.0. The molecule has 1 aromatic carbocycles. The van der Waals surface area contributed by atoms with Crippen molar-refractivity contribution in [2.75, 3.05) is 0 Å². The van der Waals surface area contributed by atoms with E-state index in [9.17, 15) is 10.1 Å². The number of halogens is 1. The van der Waals surface area contributed by atoms with E-state index in [2.05, 4.69) is 50.9 Å². The molecule has 1 saturated carbocycles. The third kappa shape index (κ3) is 4.17. The minimum Gasteiger partial charge on any atom is -0.349 e. The van der Waals surface area contributed by atoms with Gasteiger partial charge in [0.2, 0.25) is 0 Å². The lowest BCUT2D eigenvalue weighted by atomic mass is 10.1. The Morgan fingerprint density at radius 2 is 1.96 bits per heavy atom. The topological polar surface area (TPSA) is 57.8 Å². The van der Waals surface area contributed by atoms with Gasteiger partial charge in [-0.2, -0.15) is 5.26 Å². The maximum absolute atomic E-state index is 12.5. The van der Waals surface area contributed by atoms with Crippen molar-refractivity contribution in [2.45, 2.75) is 52.5 Å². The summed E-state index contributed by atoms with van der Waals surface area (Å²) in [6, 6.07) is 10.5. The van der Waals surface area contributed by atoms with E-state index >= 15 is 0 Å². The average molecular weight is 426 g/mol. The first-order valence-electron chi connectivity index (χ1n) is 9.29. The third-order valence-electron chi connectivity index (χ3n) is 5.23. The molecule has 0 spiro atoms. The molecule has 1 fully saturated rings. The molecule has 1 heterocycles. The lowest BCUT2D eigenvalue weighted by Crippen LogP contribution is -2.33. The molecule has 5 heteroatoms. The largest absolute Gasteiger partial charge is 0.349 e. The van der Waals surface area contributed by atoms with Crippen LogP contribution in [0.3, 0.4) is 0 Å². The molecule has 1 aliphatic carbocycles. The highest BCUT2D eigenvalue weighted by molar-refractivity contribution is 9.10. The van der Waals surface area contributed by atoms with Gasteiger partial charge in [0.05, 0.1) is 0 Å². The van der Waals surface area contributed by atoms with Crippen LogP contribution in [0.1, 0.15) is 48.2 Å². The van der Waals surface area contributed by atoms with Gasteiger partial charge in [0.15, 0.2) is 0 Å². The van der Waals surface area contributed by atoms with Gasteiger partial charge in [0, 0.05) is 27.6 Å². The Balaban J connectivity index is 1.92. The SMILES string of the molecule is Cc1cc(-n2c(C)cc(/C=C(/C#N)C(=O)NC3CCCC3)c2C)ccc1Br. The van der Waals surface area contributed by atoms with E-state index in [1.807, 2.05) is 26.0 Å². The molecule has 0 radical (unpaired) electrons. The molecular weight excluding hydrogens is 402 g/mol. The molecule has 4 nitrogen and oxygen atoms in total. The summed E-state index contributed by atoms with van der Waals surface area (Å²) >= 11 is 3.54. The average Bonchev–Trinajstić information content (AvgIpc) is 3.23. The van der Waals surface area contributed by atoms with Crippen molar-refractivity contribution in [1.29, 1.82) is 5.26 Å². The standard InChI is InChI=1S/C22H24BrN3O/c1-14-10-20(8-9-21(14)23)26-15(2)11-17(16(26)3)12-18(13-24)22(27)25-19-6-4-5-7-19/h8-12,19H,4-7H2,1-3H3,(H,25,27)/b18-12-. The first-order chi connectivity index (χ1) is 12.9. The fraction of sp³-hybridized carbons (Fsp3) is 0.364. The summed E-state index contributed by atoms with van der Waals surface area (Å²) in [4.78, 5) is 12.5. The van der Waals surface area contributed by atoms with Crippen molar-refractivity contribution in [3.05, 3.63) is 56.8 Å². The molecule has 1 aliphatic rings. The first-order valence-corrected chi connectivity index (χ1v) is 10.1. The number of aryl methyl sites for hydroxylation is 2. The summed E-state index contributed by atoms with van der Waals surface area (Å²) in [5.41, 5.74) is 5.36. The van der Waals surface area contributed by atoms with Gasteiger partial charge in [-0.3, -0.25) is 4.79 Å². The number of benzene rings is 1. The first kappa shape index (κ1) is 19.4. The maximum atomic E-state index is 12.5. The molecule has 0 saturated heterocycles. The lowest BCUT2D eigenvalue weighted by molar-refractivity contribution is -0.117. The van der Waals surface area contributed by atoms with Gasteiger partial charge in [-0.15, -0.1) is 0 Å². The van der Waals surface area contributed by atoms with Crippen molar-refractivity contribution in [3.8, 4) is 11.8 Å². The molecule has 140 valence electrons. The fourth-order valence-electron chi connectivity index (χ4n) is 3.74. The van der Waals surface area contributed by atoms with Gasteiger partial charge in [-0.1, -0.05) is 28.8 Å². The number of aromatic nitrogens is 1. The smallest absolute Gasteiger partial charge is 0.262 e. The molecule has 27 heavy (non-hydrogen) atoms. The Hall–Kier alpha value is -2.32. The predicted octanol–water partition coefficient (Wildman–Crippen LogP) is 5.13. The molecule has 3 rings (SSSR count). The van der Waals surface area contributed by atoms with Gasteiger partial charge in [-0.25, -0.2) is 0 Å². The minimum atomic E-state index is -0.270. The number of nitrogens with one attached hydrogen (secondary N) is 1. The zero-order valence-corrected chi connectivity index (χ0v) is 17.6. The van der Waals surface area contributed by atoms with Crippen LogP contribution in [0.4, 0.5) is 0 Å². The highest BCUT2D eigenvalue weighted by Gasteiger charge is 2.20. The van der Waals surface area contributed by atoms with E-state index in [1.54, 1.807) is 6.08 Å². The summed E-state index contributed by atoms with van der Waals surface area (Å²) in [5, 5.41) is 12.5. The Morgan fingerprint density at radius 3 is 2.59 bits per heavy atom. The summed E-state index contributed by atoms with van der Waals surface area (Å²) < 4.78 is 3.22. The molecule has 1 amide bonds. The van der Waals surface area contributed by atoms with E-state index in [0.717, 1.165) is 58.4 Å². The van der Waals surface area contributed by atoms with Crippen LogP contribution in [0.25, 0.3) is 11.8 Å². The summed E-state index contributed by atoms with van der Waals surface area (Å²) in [6.45, 7) is 6.11. The number of nitriles is 1. The number of amides is 1. The molecule has 0 bridgehead atoms. The van der Waals surface area contributed by atoms with Gasteiger partial charge < -0.3 is 9.88 Å². The highest BCUT2D eigenvalue weighted by Crippen LogP contribution is 2.26. The van der Waals surface area contributed by atoms with E-state index in [0.29, 0.717) is 0 Å². The number of carbonyl (C=O) groups excluding carboxylic acids is 1. The molecule has 0 unspecified atom stereocenters. The molecule has 1 N–H and O–H groups in total. The number of hydrogen-bond acceptors (Lipinski definition) is 2. The quantitative estimate of drug-likeness (QED) is 0.544. The van der Waals surface area contributed by atoms with Crippen molar-refractivity contribution in [2.24, 2.45) is 0 Å². The number of nitrogens with zero attached hydrogens (tertiary/aromatic N) is 2. The van der Waals surface area contributed by atoms with Crippen LogP contribution in [0.15, 0.2) is 34.3 Å². The van der Waals surface area contributed by atoms with Crippen LogP contribution in [0.2, 0.25) is 0 Å². The van der Waals surface area contributed by atoms with Crippen molar-refractivity contribution < 1.29 is 4.79 Å². The predicted molar refractivity (Wildman–Crippen MR) is 112 cm³/mol. The van der Waals surface area contributed by atoms with E-state index in [1.165, 1.54) is 0 Å². The lowest BCUT2D eigenvalue weighted by Gasteiger charge is -2.12. The van der Waals surface area contributed by atoms with E-state index in [-0.39, 0.29) is 17.5 Å². The Bertz CT molecular complexity index is 943. The molecule has 1 aromatic heterocycles. The number of rotatable bonds is 4. The van der Waals surface area contributed by atoms with Crippen molar-refractivity contribution in [1.82, 2.24) is 9.88 Å². The molecular formula is C22H24BrN3O. The Labute approximate surface area is 169 Å². The van der Waals surface area contributed by atoms with Crippen molar-refractivity contribution >= 4 is 27.9 Å². The van der Waals surface area contributed by atoms with Crippen LogP contribution >= 0.6 is 15.9 Å². The second-order valence-corrected chi connectivity index (χ2v) is 8.07. The van der Waals surface area contributed by atoms with Crippen LogP contribution in [0.5, 0.6) is 0 Å². The van der Waals surface area contributed by atoms with Gasteiger partial charge >= 0.3 is 0 Å². The zero-order chi connectivity index (χ0) is 19.6. The zero-order valence-electron chi connectivity index (χ0n) is 16.0. The Kier molecular flexibility index (Phi) is 5.86. The third-order valence-corrected chi connectivity index (χ3v) is 6.12. The van der Waals surface area contributed by atoms with Gasteiger partial charge in [0.1, 0.15) is 11.6 Å². The van der Waals surface area contributed by atoms with E-state index in [4.69, 9.17) is 0 Å². The monoisotopic (exact) mass is 425 g/mol. The molecule has 2 aromatic rings. The van der Waals surface area contributed by atoms with Crippen LogP contribution in [-0.4, -0.2) is 16.5 Å². The van der Waals surface area contributed by atoms with Crippen LogP contribution in [-0.2, 0) is 4.79 Å². The molecule has 0 atom stereocenters. The molecule has 0 aliphatic heterocycles. The number of hydrogen-bond donors (Lipinski definition) is 1. The van der Waals surface area contributed by atoms with Gasteiger partial charge in [-0.05, 0) is 75.1 Å². The van der Waals surface area contributed by atoms with E-state index < -0.39 is 0 Å². The second-order valence-electron chi connectivity index (χ2n) is 7.22. The Morgan fingerprint density at radius 1 is 1.26 bits per heavy atom. The summed E-state index contributed by atoms with van der Waals surface area (Å²) in [6.07, 6.45) is 5.99. The summed E-state index contributed by atoms with van der Waals surface area (Å²) in [5.74, 6) is -0.270. The minimum absolute atomic E-state index is 0.161. The van der Waals surface area contributed by atoms with Crippen LogP contribution < -0.4 is 5.32 Å². The van der Waals surface area contributed by atoms with Crippen LogP contribution in [0, 0.1) is 32.1 Å². The van der Waals surface area contributed by atoms with Gasteiger partial charge in [0.25, 0.3) is 5.91 Å². The highest BCUT2D eigenvalue weighted by atomic mass is 79.9. The fourth-order valence-corrected chi connectivity index (χ4v) is 3.98. The second kappa shape index (κ2) is 8.14. The van der Waals surface area contributed by atoms with Crippen molar-refractivity contribution in [3.63, 3.8) is 0 Å². The summed E-state index contributed by atoms with van der Waals surface area (Å²) in [7, 11) is 0. The number of carbonyl (C=O) groups is 1. The maximum Gasteiger partial charge on any atom is 0.262 e.